The number of hydrogen-bond donors (Lipinski definition) is 0. The zero-order chi connectivity index (χ0) is 13.0. The maximum absolute atomic E-state index is 5.95. The first-order valence-electron chi connectivity index (χ1n) is 6.77. The fourth-order valence-corrected chi connectivity index (χ4v) is 2.74. The van der Waals surface area contributed by atoms with E-state index in [-0.39, 0.29) is 12.4 Å². The van der Waals surface area contributed by atoms with E-state index in [1.807, 2.05) is 0 Å². The van der Waals surface area contributed by atoms with Crippen LogP contribution in [0.2, 0.25) is 0 Å². The molecule has 18 heavy (non-hydrogen) atoms. The predicted octanol–water partition coefficient (Wildman–Crippen LogP) is 2.98. The van der Waals surface area contributed by atoms with Crippen LogP contribution in [0.25, 0.3) is 0 Å². The average Bonchev–Trinajstić information content (AvgIpc) is 2.81. The van der Waals surface area contributed by atoms with Crippen LogP contribution in [-0.4, -0.2) is 38.1 Å². The van der Waals surface area contributed by atoms with Crippen LogP contribution in [-0.2, 0) is 14.2 Å². The van der Waals surface area contributed by atoms with Gasteiger partial charge in [-0.1, -0.05) is 18.6 Å². The lowest BCUT2D eigenvalue weighted by Crippen LogP contribution is -2.30. The molecule has 0 spiro atoms. The van der Waals surface area contributed by atoms with E-state index in [9.17, 15) is 0 Å². The van der Waals surface area contributed by atoms with Gasteiger partial charge in [-0.2, -0.15) is 0 Å². The second-order valence-electron chi connectivity index (χ2n) is 5.36. The Bertz CT molecular complexity index is 293. The summed E-state index contributed by atoms with van der Waals surface area (Å²) in [6, 6.07) is 0. The van der Waals surface area contributed by atoms with Gasteiger partial charge >= 0.3 is 0 Å². The maximum Gasteiger partial charge on any atom is 0.161 e. The zero-order valence-electron chi connectivity index (χ0n) is 11.2. The Morgan fingerprint density at radius 2 is 2.33 bits per heavy atom. The van der Waals surface area contributed by atoms with E-state index in [1.165, 1.54) is 5.57 Å². The molecular weight excluding hydrogens is 252 g/mol. The largest absolute Gasteiger partial charge is 0.377 e. The Kier molecular flexibility index (Phi) is 5.49. The minimum Gasteiger partial charge on any atom is -0.377 e. The highest BCUT2D eigenvalue weighted by Gasteiger charge is 2.36. The smallest absolute Gasteiger partial charge is 0.161 e. The molecule has 2 aliphatic rings. The SMILES string of the molecule is CC1=CC[C@H](C)[C@@H]([C@@H]2OC[C@H](COCCCl)O2)C1. The van der Waals surface area contributed by atoms with Gasteiger partial charge in [0.2, 0.25) is 0 Å². The highest BCUT2D eigenvalue weighted by Crippen LogP contribution is 2.35. The molecule has 3 nitrogen and oxygen atoms in total. The van der Waals surface area contributed by atoms with E-state index in [0.29, 0.717) is 37.5 Å². The van der Waals surface area contributed by atoms with Crippen LogP contribution in [0.15, 0.2) is 11.6 Å². The quantitative estimate of drug-likeness (QED) is 0.438. The summed E-state index contributed by atoms with van der Waals surface area (Å²) in [5.74, 6) is 1.63. The summed E-state index contributed by atoms with van der Waals surface area (Å²) >= 11 is 5.57. The van der Waals surface area contributed by atoms with E-state index >= 15 is 0 Å². The number of rotatable bonds is 5. The zero-order valence-corrected chi connectivity index (χ0v) is 12.0. The molecule has 0 bridgehead atoms. The van der Waals surface area contributed by atoms with E-state index in [4.69, 9.17) is 25.8 Å². The molecular formula is C14H23ClO3. The summed E-state index contributed by atoms with van der Waals surface area (Å²) < 4.78 is 17.1. The molecule has 0 radical (unpaired) electrons. The molecule has 0 amide bonds. The van der Waals surface area contributed by atoms with Gasteiger partial charge < -0.3 is 14.2 Å². The summed E-state index contributed by atoms with van der Waals surface area (Å²) in [4.78, 5) is 0. The van der Waals surface area contributed by atoms with Gasteiger partial charge in [-0.05, 0) is 25.7 Å². The van der Waals surface area contributed by atoms with Crippen LogP contribution in [0.4, 0.5) is 0 Å². The molecule has 1 fully saturated rings. The van der Waals surface area contributed by atoms with Crippen molar-refractivity contribution < 1.29 is 14.2 Å². The molecule has 1 saturated heterocycles. The molecule has 0 aromatic heterocycles. The minimum absolute atomic E-state index is 0.0618. The van der Waals surface area contributed by atoms with Crippen molar-refractivity contribution in [3.05, 3.63) is 11.6 Å². The number of hydrogen-bond acceptors (Lipinski definition) is 3. The van der Waals surface area contributed by atoms with E-state index in [0.717, 1.165) is 12.8 Å². The Morgan fingerprint density at radius 1 is 1.50 bits per heavy atom. The third-order valence-corrected chi connectivity index (χ3v) is 3.93. The van der Waals surface area contributed by atoms with Crippen molar-refractivity contribution in [3.8, 4) is 0 Å². The van der Waals surface area contributed by atoms with Gasteiger partial charge in [-0.3, -0.25) is 0 Å². The molecule has 0 aromatic rings. The molecule has 0 unspecified atom stereocenters. The van der Waals surface area contributed by atoms with Gasteiger partial charge in [-0.25, -0.2) is 0 Å². The third-order valence-electron chi connectivity index (χ3n) is 3.77. The summed E-state index contributed by atoms with van der Waals surface area (Å²) in [7, 11) is 0. The number of alkyl halides is 1. The minimum atomic E-state index is -0.0618. The topological polar surface area (TPSA) is 27.7 Å². The molecule has 0 aromatic carbocycles. The maximum atomic E-state index is 5.95. The second-order valence-corrected chi connectivity index (χ2v) is 5.73. The Balaban J connectivity index is 1.79. The van der Waals surface area contributed by atoms with Crippen molar-refractivity contribution in [2.45, 2.75) is 39.1 Å². The molecule has 104 valence electrons. The first kappa shape index (κ1) is 14.3. The summed E-state index contributed by atoms with van der Waals surface area (Å²) in [6.07, 6.45) is 4.55. The third kappa shape index (κ3) is 3.70. The Labute approximate surface area is 114 Å². The lowest BCUT2D eigenvalue weighted by Gasteiger charge is -2.31. The van der Waals surface area contributed by atoms with Crippen molar-refractivity contribution in [1.82, 2.24) is 0 Å². The molecule has 1 heterocycles. The normalized spacial score (nSPS) is 36.7. The summed E-state index contributed by atoms with van der Waals surface area (Å²) in [5.41, 5.74) is 1.45. The van der Waals surface area contributed by atoms with Crippen LogP contribution < -0.4 is 0 Å². The van der Waals surface area contributed by atoms with Crippen molar-refractivity contribution in [1.29, 1.82) is 0 Å². The van der Waals surface area contributed by atoms with Crippen molar-refractivity contribution in [2.24, 2.45) is 11.8 Å². The lowest BCUT2D eigenvalue weighted by molar-refractivity contribution is -0.118. The molecule has 1 aliphatic heterocycles. The van der Waals surface area contributed by atoms with Crippen LogP contribution in [0.1, 0.15) is 26.7 Å². The molecule has 2 rings (SSSR count). The lowest BCUT2D eigenvalue weighted by atomic mass is 9.81. The Morgan fingerprint density at radius 3 is 3.11 bits per heavy atom. The van der Waals surface area contributed by atoms with Gasteiger partial charge in [0.05, 0.1) is 19.8 Å². The van der Waals surface area contributed by atoms with Crippen LogP contribution >= 0.6 is 11.6 Å². The molecule has 4 atom stereocenters. The molecule has 1 aliphatic carbocycles. The van der Waals surface area contributed by atoms with Crippen molar-refractivity contribution >= 4 is 11.6 Å². The predicted molar refractivity (Wildman–Crippen MR) is 71.8 cm³/mol. The molecule has 0 N–H and O–H groups in total. The van der Waals surface area contributed by atoms with Gasteiger partial charge in [0.15, 0.2) is 6.29 Å². The van der Waals surface area contributed by atoms with Crippen LogP contribution in [0.5, 0.6) is 0 Å². The Hall–Kier alpha value is -0.0900. The van der Waals surface area contributed by atoms with Gasteiger partial charge in [0.1, 0.15) is 6.10 Å². The average molecular weight is 275 g/mol. The summed E-state index contributed by atoms with van der Waals surface area (Å²) in [5, 5.41) is 0. The van der Waals surface area contributed by atoms with Gasteiger partial charge in [0.25, 0.3) is 0 Å². The fourth-order valence-electron chi connectivity index (χ4n) is 2.63. The molecule has 4 heteroatoms. The highest BCUT2D eigenvalue weighted by molar-refractivity contribution is 6.17. The fraction of sp³-hybridized carbons (Fsp3) is 0.857. The summed E-state index contributed by atoms with van der Waals surface area (Å²) in [6.45, 7) is 6.26. The highest BCUT2D eigenvalue weighted by atomic mass is 35.5. The van der Waals surface area contributed by atoms with Crippen LogP contribution in [0.3, 0.4) is 0 Å². The van der Waals surface area contributed by atoms with Crippen LogP contribution in [0, 0.1) is 11.8 Å². The monoisotopic (exact) mass is 274 g/mol. The van der Waals surface area contributed by atoms with E-state index < -0.39 is 0 Å². The first-order valence-corrected chi connectivity index (χ1v) is 7.30. The second kappa shape index (κ2) is 6.90. The van der Waals surface area contributed by atoms with Crippen molar-refractivity contribution in [3.63, 3.8) is 0 Å². The van der Waals surface area contributed by atoms with Gasteiger partial charge in [-0.15, -0.1) is 11.6 Å². The number of halogens is 1. The number of allylic oxidation sites excluding steroid dienone is 2. The molecule has 0 saturated carbocycles. The van der Waals surface area contributed by atoms with E-state index in [1.54, 1.807) is 0 Å². The number of ether oxygens (including phenoxy) is 3. The standard InChI is InChI=1S/C14H23ClO3/c1-10-3-4-11(2)13(7-10)14-17-9-12(18-14)8-16-6-5-15/h3,11-14H,4-9H2,1-2H3/t11-,12-,13-,14+/m0/s1. The first-order chi connectivity index (χ1) is 8.70. The van der Waals surface area contributed by atoms with Crippen molar-refractivity contribution in [2.75, 3.05) is 25.7 Å². The van der Waals surface area contributed by atoms with Gasteiger partial charge in [0, 0.05) is 11.8 Å². The van der Waals surface area contributed by atoms with E-state index in [2.05, 4.69) is 19.9 Å².